The molecular weight excluding hydrogens is 326 g/mol. The first-order chi connectivity index (χ1) is 11.8. The molecule has 0 radical (unpaired) electrons. The van der Waals surface area contributed by atoms with Gasteiger partial charge in [-0.2, -0.15) is 0 Å². The van der Waals surface area contributed by atoms with Crippen molar-refractivity contribution < 1.29 is 9.53 Å². The quantitative estimate of drug-likeness (QED) is 0.894. The van der Waals surface area contributed by atoms with E-state index in [4.69, 9.17) is 4.74 Å². The number of nitrogens with one attached hydrogen (secondary N) is 1. The van der Waals surface area contributed by atoms with Gasteiger partial charge in [0.25, 0.3) is 5.91 Å². The third-order valence-corrected chi connectivity index (χ3v) is 5.33. The highest BCUT2D eigenvalue weighted by Crippen LogP contribution is 2.30. The minimum Gasteiger partial charge on any atom is -0.374 e. The highest BCUT2D eigenvalue weighted by Gasteiger charge is 2.44. The molecule has 2 aliphatic heterocycles. The molecular formula is C16H19N5O2S. The van der Waals surface area contributed by atoms with Crippen LogP contribution in [0.15, 0.2) is 30.2 Å². The van der Waals surface area contributed by atoms with Gasteiger partial charge in [-0.3, -0.25) is 14.7 Å². The fraction of sp³-hybridized carbons (Fsp3) is 0.500. The average molecular weight is 345 g/mol. The first-order valence-electron chi connectivity index (χ1n) is 8.12. The van der Waals surface area contributed by atoms with Crippen LogP contribution in [0.3, 0.4) is 0 Å². The van der Waals surface area contributed by atoms with Crippen molar-refractivity contribution in [2.45, 2.75) is 37.6 Å². The summed E-state index contributed by atoms with van der Waals surface area (Å²) in [7, 11) is 0. The van der Waals surface area contributed by atoms with Crippen molar-refractivity contribution >= 4 is 17.2 Å². The van der Waals surface area contributed by atoms with E-state index >= 15 is 0 Å². The second kappa shape index (κ2) is 6.92. The van der Waals surface area contributed by atoms with Gasteiger partial charge in [0.05, 0.1) is 24.9 Å². The van der Waals surface area contributed by atoms with E-state index in [1.807, 2.05) is 11.6 Å². The molecule has 0 spiro atoms. The molecule has 4 heterocycles. The van der Waals surface area contributed by atoms with Crippen molar-refractivity contribution in [3.05, 3.63) is 40.9 Å². The molecule has 1 amide bonds. The SMILES string of the molecule is O=C(N[C@H]1CN(Cc2nccs2)[C@H]2CCCO[C@@H]12)c1cnccn1. The summed E-state index contributed by atoms with van der Waals surface area (Å²) in [4.78, 5) is 27.2. The summed E-state index contributed by atoms with van der Waals surface area (Å²) in [6.45, 7) is 2.32. The lowest BCUT2D eigenvalue weighted by molar-refractivity contribution is -0.0211. The van der Waals surface area contributed by atoms with Crippen molar-refractivity contribution in [2.24, 2.45) is 0 Å². The predicted molar refractivity (Wildman–Crippen MR) is 88.6 cm³/mol. The molecule has 0 saturated carbocycles. The van der Waals surface area contributed by atoms with Crippen molar-refractivity contribution in [2.75, 3.05) is 13.2 Å². The van der Waals surface area contributed by atoms with E-state index in [0.717, 1.165) is 37.5 Å². The number of ether oxygens (including phenoxy) is 1. The van der Waals surface area contributed by atoms with Gasteiger partial charge >= 0.3 is 0 Å². The van der Waals surface area contributed by atoms with Crippen LogP contribution in [0.2, 0.25) is 0 Å². The predicted octanol–water partition coefficient (Wildman–Crippen LogP) is 1.09. The van der Waals surface area contributed by atoms with Gasteiger partial charge in [0.1, 0.15) is 10.7 Å². The molecule has 2 aromatic heterocycles. The molecule has 0 bridgehead atoms. The summed E-state index contributed by atoms with van der Waals surface area (Å²) < 4.78 is 5.99. The van der Waals surface area contributed by atoms with Gasteiger partial charge < -0.3 is 10.1 Å². The van der Waals surface area contributed by atoms with E-state index < -0.39 is 0 Å². The zero-order valence-electron chi connectivity index (χ0n) is 13.2. The van der Waals surface area contributed by atoms with E-state index in [2.05, 4.69) is 25.2 Å². The van der Waals surface area contributed by atoms with Gasteiger partial charge in [0.15, 0.2) is 0 Å². The van der Waals surface area contributed by atoms with Crippen LogP contribution in [-0.4, -0.2) is 57.1 Å². The van der Waals surface area contributed by atoms with Crippen LogP contribution in [0.5, 0.6) is 0 Å². The number of amides is 1. The Hall–Kier alpha value is -1.90. The summed E-state index contributed by atoms with van der Waals surface area (Å²) >= 11 is 1.66. The molecule has 1 N–H and O–H groups in total. The number of carbonyl (C=O) groups is 1. The van der Waals surface area contributed by atoms with Gasteiger partial charge in [-0.1, -0.05) is 0 Å². The zero-order valence-corrected chi connectivity index (χ0v) is 14.0. The lowest BCUT2D eigenvalue weighted by Gasteiger charge is -2.32. The Morgan fingerprint density at radius 3 is 3.12 bits per heavy atom. The Labute approximate surface area is 144 Å². The first kappa shape index (κ1) is 15.6. The number of rotatable bonds is 4. The van der Waals surface area contributed by atoms with Gasteiger partial charge in [-0.05, 0) is 12.8 Å². The van der Waals surface area contributed by atoms with E-state index in [1.54, 1.807) is 17.5 Å². The lowest BCUT2D eigenvalue weighted by atomic mass is 10.0. The van der Waals surface area contributed by atoms with Gasteiger partial charge in [-0.25, -0.2) is 9.97 Å². The normalized spacial score (nSPS) is 26.9. The highest BCUT2D eigenvalue weighted by molar-refractivity contribution is 7.09. The van der Waals surface area contributed by atoms with Crippen molar-refractivity contribution in [1.82, 2.24) is 25.2 Å². The molecule has 2 aliphatic rings. The van der Waals surface area contributed by atoms with Crippen LogP contribution in [0.25, 0.3) is 0 Å². The Morgan fingerprint density at radius 2 is 2.33 bits per heavy atom. The average Bonchev–Trinajstić information content (AvgIpc) is 3.25. The Kier molecular flexibility index (Phi) is 4.50. The summed E-state index contributed by atoms with van der Waals surface area (Å²) in [6, 6.07) is 0.291. The van der Waals surface area contributed by atoms with Gasteiger partial charge in [0, 0.05) is 43.2 Å². The molecule has 0 unspecified atom stereocenters. The molecule has 126 valence electrons. The molecule has 2 fully saturated rings. The largest absolute Gasteiger partial charge is 0.374 e. The fourth-order valence-electron chi connectivity index (χ4n) is 3.53. The second-order valence-electron chi connectivity index (χ2n) is 6.07. The maximum atomic E-state index is 12.4. The number of nitrogens with zero attached hydrogens (tertiary/aromatic N) is 4. The molecule has 3 atom stereocenters. The van der Waals surface area contributed by atoms with E-state index in [9.17, 15) is 4.79 Å². The van der Waals surface area contributed by atoms with Crippen molar-refractivity contribution in [3.63, 3.8) is 0 Å². The van der Waals surface area contributed by atoms with Crippen LogP contribution in [0, 0.1) is 0 Å². The van der Waals surface area contributed by atoms with Gasteiger partial charge in [0.2, 0.25) is 0 Å². The first-order valence-corrected chi connectivity index (χ1v) is 9.00. The maximum absolute atomic E-state index is 12.4. The third-order valence-electron chi connectivity index (χ3n) is 4.56. The van der Waals surface area contributed by atoms with Crippen molar-refractivity contribution in [1.29, 1.82) is 0 Å². The number of fused-ring (bicyclic) bond motifs is 1. The van der Waals surface area contributed by atoms with Crippen LogP contribution < -0.4 is 5.32 Å². The molecule has 2 saturated heterocycles. The summed E-state index contributed by atoms with van der Waals surface area (Å²) in [5.41, 5.74) is 0.336. The monoisotopic (exact) mass is 345 g/mol. The van der Waals surface area contributed by atoms with E-state index in [1.165, 1.54) is 12.4 Å². The Morgan fingerprint density at radius 1 is 1.38 bits per heavy atom. The standard InChI is InChI=1S/C16H19N5O2S/c22-16(11-8-17-3-4-18-11)20-12-9-21(10-14-19-5-7-24-14)13-2-1-6-23-15(12)13/h3-5,7-8,12-13,15H,1-2,6,9-10H2,(H,20,22)/t12-,13-,15-/m0/s1. The molecule has 2 aromatic rings. The molecule has 4 rings (SSSR count). The third kappa shape index (κ3) is 3.17. The lowest BCUT2D eigenvalue weighted by Crippen LogP contribution is -2.47. The summed E-state index contributed by atoms with van der Waals surface area (Å²) in [6.07, 6.45) is 8.57. The topological polar surface area (TPSA) is 80.2 Å². The summed E-state index contributed by atoms with van der Waals surface area (Å²) in [5.74, 6) is -0.197. The molecule has 8 heteroatoms. The minimum absolute atomic E-state index is 0.0272. The number of hydrogen-bond donors (Lipinski definition) is 1. The van der Waals surface area contributed by atoms with Crippen LogP contribution in [-0.2, 0) is 11.3 Å². The van der Waals surface area contributed by atoms with Crippen molar-refractivity contribution in [3.8, 4) is 0 Å². The van der Waals surface area contributed by atoms with Crippen LogP contribution in [0.1, 0.15) is 28.3 Å². The Balaban J connectivity index is 1.47. The molecule has 0 aromatic carbocycles. The number of hydrogen-bond acceptors (Lipinski definition) is 7. The minimum atomic E-state index is -0.197. The molecule has 24 heavy (non-hydrogen) atoms. The smallest absolute Gasteiger partial charge is 0.271 e. The fourth-order valence-corrected chi connectivity index (χ4v) is 4.17. The van der Waals surface area contributed by atoms with Gasteiger partial charge in [-0.15, -0.1) is 11.3 Å². The highest BCUT2D eigenvalue weighted by atomic mass is 32.1. The summed E-state index contributed by atoms with van der Waals surface area (Å²) in [5, 5.41) is 6.17. The number of likely N-dealkylation sites (tertiary alicyclic amines) is 1. The van der Waals surface area contributed by atoms with Crippen LogP contribution >= 0.6 is 11.3 Å². The van der Waals surface area contributed by atoms with E-state index in [0.29, 0.717) is 11.7 Å². The van der Waals surface area contributed by atoms with E-state index in [-0.39, 0.29) is 18.1 Å². The molecule has 0 aliphatic carbocycles. The number of carbonyl (C=O) groups excluding carboxylic acids is 1. The number of thiazole rings is 1. The number of aromatic nitrogens is 3. The second-order valence-corrected chi connectivity index (χ2v) is 7.05. The molecule has 7 nitrogen and oxygen atoms in total. The van der Waals surface area contributed by atoms with Crippen LogP contribution in [0.4, 0.5) is 0 Å². The maximum Gasteiger partial charge on any atom is 0.271 e. The Bertz CT molecular complexity index is 681. The zero-order chi connectivity index (χ0) is 16.4.